The maximum Gasteiger partial charge on any atom is 0.272 e. The molecule has 0 fully saturated rings. The van der Waals surface area contributed by atoms with Crippen molar-refractivity contribution in [1.82, 2.24) is 30.1 Å². The fourth-order valence-electron chi connectivity index (χ4n) is 2.75. The van der Waals surface area contributed by atoms with E-state index in [4.69, 9.17) is 4.52 Å². The highest BCUT2D eigenvalue weighted by Crippen LogP contribution is 2.15. The van der Waals surface area contributed by atoms with E-state index in [0.29, 0.717) is 31.2 Å². The first-order valence-corrected chi connectivity index (χ1v) is 8.09. The number of carbonyl (C=O) groups excluding carboxylic acids is 2. The topological polar surface area (TPSA) is 106 Å². The number of hydrogen-bond acceptors (Lipinski definition) is 6. The van der Waals surface area contributed by atoms with Crippen LogP contribution in [0.2, 0.25) is 0 Å². The number of aromatic nitrogens is 4. The third-order valence-corrected chi connectivity index (χ3v) is 4.25. The Bertz CT molecular complexity index is 946. The third kappa shape index (κ3) is 2.94. The molecule has 2 amide bonds. The lowest BCUT2D eigenvalue weighted by Crippen LogP contribution is -2.37. The number of amides is 2. The predicted molar refractivity (Wildman–Crippen MR) is 90.1 cm³/mol. The molecule has 132 valence electrons. The van der Waals surface area contributed by atoms with Crippen molar-refractivity contribution in [3.05, 3.63) is 53.7 Å². The first kappa shape index (κ1) is 16.0. The van der Waals surface area contributed by atoms with Gasteiger partial charge in [-0.1, -0.05) is 29.4 Å². The van der Waals surface area contributed by atoms with Crippen molar-refractivity contribution in [2.45, 2.75) is 13.1 Å². The molecule has 0 atom stereocenters. The second kappa shape index (κ2) is 6.43. The number of nitrogens with zero attached hydrogens (tertiary/aromatic N) is 5. The molecule has 2 aromatic heterocycles. The maximum atomic E-state index is 12.3. The lowest BCUT2D eigenvalue weighted by Gasteiger charge is -2.22. The summed E-state index contributed by atoms with van der Waals surface area (Å²) in [5.41, 5.74) is 2.43. The molecular formula is C17H16N6O3. The van der Waals surface area contributed by atoms with Gasteiger partial charge in [-0.25, -0.2) is 0 Å². The Kier molecular flexibility index (Phi) is 3.96. The molecule has 3 aromatic rings. The second-order valence-electron chi connectivity index (χ2n) is 6.00. The van der Waals surface area contributed by atoms with Crippen LogP contribution in [0.4, 0.5) is 0 Å². The van der Waals surface area contributed by atoms with Crippen molar-refractivity contribution in [2.24, 2.45) is 0 Å². The van der Waals surface area contributed by atoms with Crippen LogP contribution in [0, 0.1) is 0 Å². The molecule has 0 unspecified atom stereocenters. The number of nitrogens with one attached hydrogen (secondary N) is 1. The minimum atomic E-state index is -0.315. The molecule has 0 aliphatic carbocycles. The zero-order chi connectivity index (χ0) is 18.1. The summed E-state index contributed by atoms with van der Waals surface area (Å²) in [6, 6.07) is 9.00. The van der Waals surface area contributed by atoms with Gasteiger partial charge in [0.2, 0.25) is 12.2 Å². The minimum Gasteiger partial charge on any atom is -0.347 e. The van der Waals surface area contributed by atoms with Crippen LogP contribution in [0.25, 0.3) is 11.4 Å². The quantitative estimate of drug-likeness (QED) is 0.749. The van der Waals surface area contributed by atoms with Crippen molar-refractivity contribution in [1.29, 1.82) is 0 Å². The van der Waals surface area contributed by atoms with E-state index in [-0.39, 0.29) is 17.5 Å². The van der Waals surface area contributed by atoms with Gasteiger partial charge in [0, 0.05) is 31.8 Å². The smallest absolute Gasteiger partial charge is 0.272 e. The average Bonchev–Trinajstić information content (AvgIpc) is 3.33. The van der Waals surface area contributed by atoms with Gasteiger partial charge in [0.1, 0.15) is 5.69 Å². The van der Waals surface area contributed by atoms with E-state index in [2.05, 4.69) is 20.6 Å². The lowest BCUT2D eigenvalue weighted by molar-refractivity contribution is 0.0742. The number of likely N-dealkylation sites (N-methyl/N-ethyl adjacent to an activating group) is 1. The molecule has 1 aromatic carbocycles. The molecule has 0 saturated carbocycles. The standard InChI is InChI=1S/C17H16N6O3/c1-22-6-7-23-14(17(22)25)8-13(20-23)16(24)18-9-11-2-4-12(5-3-11)15-19-10-26-21-15/h2-5,8,10H,6-7,9H2,1H3,(H,18,24). The van der Waals surface area contributed by atoms with Crippen molar-refractivity contribution in [3.63, 3.8) is 0 Å². The van der Waals surface area contributed by atoms with E-state index in [1.807, 2.05) is 24.3 Å². The minimum absolute atomic E-state index is 0.125. The van der Waals surface area contributed by atoms with Crippen molar-refractivity contribution in [2.75, 3.05) is 13.6 Å². The van der Waals surface area contributed by atoms with Gasteiger partial charge in [0.25, 0.3) is 11.8 Å². The summed E-state index contributed by atoms with van der Waals surface area (Å²) in [5, 5.41) is 10.8. The van der Waals surface area contributed by atoms with Gasteiger partial charge in [-0.15, -0.1) is 0 Å². The van der Waals surface area contributed by atoms with Crippen molar-refractivity contribution < 1.29 is 14.1 Å². The molecule has 0 radical (unpaired) electrons. The maximum absolute atomic E-state index is 12.3. The van der Waals surface area contributed by atoms with E-state index in [9.17, 15) is 9.59 Å². The summed E-state index contributed by atoms with van der Waals surface area (Å²) in [5.74, 6) is 0.0725. The summed E-state index contributed by atoms with van der Waals surface area (Å²) < 4.78 is 6.30. The molecule has 3 heterocycles. The summed E-state index contributed by atoms with van der Waals surface area (Å²) in [7, 11) is 1.73. The Hall–Kier alpha value is -3.49. The summed E-state index contributed by atoms with van der Waals surface area (Å²) in [6.45, 7) is 1.52. The monoisotopic (exact) mass is 352 g/mol. The zero-order valence-electron chi connectivity index (χ0n) is 14.0. The van der Waals surface area contributed by atoms with Crippen LogP contribution < -0.4 is 5.32 Å². The first-order valence-electron chi connectivity index (χ1n) is 8.09. The van der Waals surface area contributed by atoms with E-state index in [1.165, 1.54) is 12.5 Å². The van der Waals surface area contributed by atoms with Gasteiger partial charge in [0.15, 0.2) is 5.69 Å². The van der Waals surface area contributed by atoms with E-state index in [1.54, 1.807) is 16.6 Å². The van der Waals surface area contributed by atoms with Crippen molar-refractivity contribution >= 4 is 11.8 Å². The van der Waals surface area contributed by atoms with Crippen LogP contribution in [-0.4, -0.2) is 50.2 Å². The lowest BCUT2D eigenvalue weighted by atomic mass is 10.1. The van der Waals surface area contributed by atoms with Gasteiger partial charge in [0.05, 0.1) is 6.54 Å². The fraction of sp³-hybridized carbons (Fsp3) is 0.235. The number of fused-ring (bicyclic) bond motifs is 1. The van der Waals surface area contributed by atoms with Crippen LogP contribution in [0.5, 0.6) is 0 Å². The summed E-state index contributed by atoms with van der Waals surface area (Å²) >= 11 is 0. The second-order valence-corrected chi connectivity index (χ2v) is 6.00. The summed E-state index contributed by atoms with van der Waals surface area (Å²) in [6.07, 6.45) is 1.27. The SMILES string of the molecule is CN1CCn2nc(C(=O)NCc3ccc(-c4ncon4)cc3)cc2C1=O. The van der Waals surface area contributed by atoms with Gasteiger partial charge in [-0.05, 0) is 5.56 Å². The van der Waals surface area contributed by atoms with Gasteiger partial charge in [-0.3, -0.25) is 14.3 Å². The van der Waals surface area contributed by atoms with Crippen LogP contribution in [-0.2, 0) is 13.1 Å². The molecule has 1 aliphatic rings. The number of benzene rings is 1. The molecule has 0 bridgehead atoms. The molecule has 4 rings (SSSR count). The Morgan fingerprint density at radius 3 is 2.81 bits per heavy atom. The van der Waals surface area contributed by atoms with Crippen LogP contribution in [0.3, 0.4) is 0 Å². The normalized spacial score (nSPS) is 13.6. The Balaban J connectivity index is 1.41. The van der Waals surface area contributed by atoms with Gasteiger partial charge >= 0.3 is 0 Å². The fourth-order valence-corrected chi connectivity index (χ4v) is 2.75. The van der Waals surface area contributed by atoms with Crippen LogP contribution >= 0.6 is 0 Å². The van der Waals surface area contributed by atoms with Gasteiger partial charge in [-0.2, -0.15) is 10.1 Å². The van der Waals surface area contributed by atoms with Gasteiger partial charge < -0.3 is 14.7 Å². The number of rotatable bonds is 4. The van der Waals surface area contributed by atoms with Crippen molar-refractivity contribution in [3.8, 4) is 11.4 Å². The Morgan fingerprint density at radius 1 is 1.27 bits per heavy atom. The average molecular weight is 352 g/mol. The van der Waals surface area contributed by atoms with Crippen LogP contribution in [0.15, 0.2) is 41.2 Å². The van der Waals surface area contributed by atoms with E-state index in [0.717, 1.165) is 11.1 Å². The molecule has 9 heteroatoms. The molecule has 1 N–H and O–H groups in total. The molecule has 0 saturated heterocycles. The first-order chi connectivity index (χ1) is 12.6. The van der Waals surface area contributed by atoms with E-state index >= 15 is 0 Å². The molecule has 0 spiro atoms. The van der Waals surface area contributed by atoms with E-state index < -0.39 is 0 Å². The van der Waals surface area contributed by atoms with Crippen LogP contribution in [0.1, 0.15) is 26.5 Å². The molecule has 9 nitrogen and oxygen atoms in total. The Morgan fingerprint density at radius 2 is 2.08 bits per heavy atom. The highest BCUT2D eigenvalue weighted by molar-refractivity contribution is 5.98. The largest absolute Gasteiger partial charge is 0.347 e. The summed E-state index contributed by atoms with van der Waals surface area (Å²) in [4.78, 5) is 30.0. The molecule has 1 aliphatic heterocycles. The zero-order valence-corrected chi connectivity index (χ0v) is 14.0. The molecule has 26 heavy (non-hydrogen) atoms. The highest BCUT2D eigenvalue weighted by atomic mass is 16.5. The number of hydrogen-bond donors (Lipinski definition) is 1. The number of carbonyl (C=O) groups is 2. The molecular weight excluding hydrogens is 336 g/mol. The third-order valence-electron chi connectivity index (χ3n) is 4.25. The Labute approximate surface area is 148 Å². The highest BCUT2D eigenvalue weighted by Gasteiger charge is 2.25. The predicted octanol–water partition coefficient (Wildman–Crippen LogP) is 0.949.